The van der Waals surface area contributed by atoms with Crippen LogP contribution in [-0.2, 0) is 22.8 Å². The van der Waals surface area contributed by atoms with E-state index in [0.29, 0.717) is 28.7 Å². The molecule has 0 saturated carbocycles. The number of nitrogen functional groups attached to an aromatic ring is 1. The Hall–Kier alpha value is -3.23. The first-order valence-corrected chi connectivity index (χ1v) is 12.3. The summed E-state index contributed by atoms with van der Waals surface area (Å²) in [7, 11) is -3.81. The average Bonchev–Trinajstić information content (AvgIpc) is 3.41. The summed E-state index contributed by atoms with van der Waals surface area (Å²) in [5, 5.41) is 1.74. The van der Waals surface area contributed by atoms with Crippen LogP contribution >= 0.6 is 11.3 Å². The van der Waals surface area contributed by atoms with Crippen LogP contribution in [0.4, 0.5) is 5.82 Å². The van der Waals surface area contributed by atoms with E-state index in [1.165, 1.54) is 16.9 Å². The summed E-state index contributed by atoms with van der Waals surface area (Å²) in [5.74, 6) is 0.187. The topological polar surface area (TPSA) is 90.9 Å². The van der Waals surface area contributed by atoms with Crippen molar-refractivity contribution in [2.24, 2.45) is 0 Å². The normalized spacial score (nSPS) is 12.0. The van der Waals surface area contributed by atoms with Crippen molar-refractivity contribution in [3.8, 4) is 0 Å². The van der Waals surface area contributed by atoms with E-state index in [1.54, 1.807) is 22.1 Å². The quantitative estimate of drug-likeness (QED) is 0.407. The smallest absolute Gasteiger partial charge is 0.221 e. The minimum absolute atomic E-state index is 0.0444. The second-order valence-electron chi connectivity index (χ2n) is 7.28. The maximum Gasteiger partial charge on any atom is 0.221 e. The molecule has 5 aromatic rings. The third-order valence-electron chi connectivity index (χ3n) is 5.26. The fourth-order valence-corrected chi connectivity index (χ4v) is 6.39. The Morgan fingerprint density at radius 1 is 0.903 bits per heavy atom. The lowest BCUT2D eigenvalue weighted by Crippen LogP contribution is -2.08. The van der Waals surface area contributed by atoms with E-state index in [4.69, 9.17) is 10.7 Å². The van der Waals surface area contributed by atoms with Gasteiger partial charge in [0.2, 0.25) is 9.84 Å². The number of sulfone groups is 1. The molecule has 31 heavy (non-hydrogen) atoms. The zero-order valence-electron chi connectivity index (χ0n) is 16.6. The van der Waals surface area contributed by atoms with Gasteiger partial charge in [-0.1, -0.05) is 48.5 Å². The van der Waals surface area contributed by atoms with Crippen LogP contribution in [0.2, 0.25) is 0 Å². The van der Waals surface area contributed by atoms with Crippen LogP contribution in [0.5, 0.6) is 0 Å². The second-order valence-corrected chi connectivity index (χ2v) is 10.3. The summed E-state index contributed by atoms with van der Waals surface area (Å²) >= 11 is 1.17. The molecule has 5 rings (SSSR count). The molecule has 3 aromatic heterocycles. The van der Waals surface area contributed by atoms with Gasteiger partial charge in [0.25, 0.3) is 0 Å². The summed E-state index contributed by atoms with van der Waals surface area (Å²) in [6, 6.07) is 20.9. The summed E-state index contributed by atoms with van der Waals surface area (Å²) in [6.07, 6.45) is 1.65. The number of para-hydroxylation sites is 2. The zero-order chi connectivity index (χ0) is 21.4. The molecule has 0 aliphatic heterocycles. The van der Waals surface area contributed by atoms with E-state index in [2.05, 4.69) is 17.1 Å². The van der Waals surface area contributed by atoms with E-state index in [1.807, 2.05) is 42.5 Å². The van der Waals surface area contributed by atoms with Crippen molar-refractivity contribution in [1.29, 1.82) is 0 Å². The van der Waals surface area contributed by atoms with Gasteiger partial charge in [-0.05, 0) is 42.0 Å². The lowest BCUT2D eigenvalue weighted by molar-refractivity contribution is 0.598. The maximum absolute atomic E-state index is 13.4. The first kappa shape index (κ1) is 19.7. The number of fused-ring (bicyclic) bond motifs is 2. The maximum atomic E-state index is 13.4. The predicted molar refractivity (Wildman–Crippen MR) is 124 cm³/mol. The molecule has 0 bridgehead atoms. The number of nitrogens with two attached hydrogens (primary N) is 1. The highest BCUT2D eigenvalue weighted by molar-refractivity contribution is 7.93. The SMILES string of the molecule is Nc1c(S(=O)(=O)c2cccs2)c2nc3ccccc3nc2n1CCCc1ccccc1. The molecule has 2 aromatic carbocycles. The molecular weight excluding hydrogens is 428 g/mol. The van der Waals surface area contributed by atoms with Crippen molar-refractivity contribution in [3.05, 3.63) is 77.7 Å². The fraction of sp³-hybridized carbons (Fsp3) is 0.130. The monoisotopic (exact) mass is 448 g/mol. The molecule has 2 N–H and O–H groups in total. The van der Waals surface area contributed by atoms with Crippen molar-refractivity contribution in [2.75, 3.05) is 5.73 Å². The first-order valence-electron chi connectivity index (χ1n) is 9.92. The van der Waals surface area contributed by atoms with Crippen molar-refractivity contribution in [3.63, 3.8) is 0 Å². The lowest BCUT2D eigenvalue weighted by atomic mass is 10.1. The minimum atomic E-state index is -3.81. The fourth-order valence-electron chi connectivity index (χ4n) is 3.78. The molecule has 0 aliphatic carbocycles. The van der Waals surface area contributed by atoms with E-state index >= 15 is 0 Å². The Bertz CT molecular complexity index is 1470. The largest absolute Gasteiger partial charge is 0.384 e. The van der Waals surface area contributed by atoms with Crippen LogP contribution in [0.15, 0.2) is 81.2 Å². The molecule has 0 saturated heterocycles. The summed E-state index contributed by atoms with van der Waals surface area (Å²) in [4.78, 5) is 9.45. The van der Waals surface area contributed by atoms with Crippen LogP contribution in [0.1, 0.15) is 12.0 Å². The highest BCUT2D eigenvalue weighted by atomic mass is 32.2. The van der Waals surface area contributed by atoms with Gasteiger partial charge in [-0.25, -0.2) is 18.4 Å². The van der Waals surface area contributed by atoms with Crippen LogP contribution in [-0.4, -0.2) is 23.0 Å². The van der Waals surface area contributed by atoms with Gasteiger partial charge in [0, 0.05) is 6.54 Å². The average molecular weight is 449 g/mol. The zero-order valence-corrected chi connectivity index (χ0v) is 18.2. The van der Waals surface area contributed by atoms with Crippen molar-refractivity contribution in [2.45, 2.75) is 28.5 Å². The van der Waals surface area contributed by atoms with E-state index in [9.17, 15) is 8.42 Å². The van der Waals surface area contributed by atoms with Crippen molar-refractivity contribution < 1.29 is 8.42 Å². The summed E-state index contributed by atoms with van der Waals surface area (Å²) < 4.78 is 28.9. The number of hydrogen-bond donors (Lipinski definition) is 1. The molecule has 0 amide bonds. The number of nitrogens with zero attached hydrogens (tertiary/aromatic N) is 3. The summed E-state index contributed by atoms with van der Waals surface area (Å²) in [6.45, 7) is 0.546. The Balaban J connectivity index is 1.65. The molecule has 156 valence electrons. The lowest BCUT2D eigenvalue weighted by Gasteiger charge is -2.08. The Kier molecular flexibility index (Phi) is 4.95. The van der Waals surface area contributed by atoms with Gasteiger partial charge in [-0.15, -0.1) is 11.3 Å². The van der Waals surface area contributed by atoms with Gasteiger partial charge in [0.15, 0.2) is 5.65 Å². The van der Waals surface area contributed by atoms with Crippen LogP contribution in [0, 0.1) is 0 Å². The highest BCUT2D eigenvalue weighted by Gasteiger charge is 2.30. The minimum Gasteiger partial charge on any atom is -0.384 e. The number of benzene rings is 2. The number of hydrogen-bond acceptors (Lipinski definition) is 6. The predicted octanol–water partition coefficient (Wildman–Crippen LogP) is 4.69. The molecular formula is C23H20N4O2S2. The third-order valence-corrected chi connectivity index (χ3v) is 8.48. The molecule has 3 heterocycles. The van der Waals surface area contributed by atoms with Crippen LogP contribution < -0.4 is 5.73 Å². The number of rotatable bonds is 6. The van der Waals surface area contributed by atoms with Crippen LogP contribution in [0.25, 0.3) is 22.2 Å². The summed E-state index contributed by atoms with van der Waals surface area (Å²) in [5.41, 5.74) is 9.85. The number of aryl methyl sites for hydroxylation is 2. The Morgan fingerprint density at radius 3 is 2.32 bits per heavy atom. The molecule has 0 aliphatic rings. The van der Waals surface area contributed by atoms with Gasteiger partial charge in [0.1, 0.15) is 20.4 Å². The molecule has 6 nitrogen and oxygen atoms in total. The number of anilines is 1. The molecule has 0 unspecified atom stereocenters. The van der Waals surface area contributed by atoms with Gasteiger partial charge in [-0.2, -0.15) is 0 Å². The van der Waals surface area contributed by atoms with Gasteiger partial charge in [-0.3, -0.25) is 0 Å². The Morgan fingerprint density at radius 2 is 1.61 bits per heavy atom. The Labute approximate surface area is 183 Å². The second kappa shape index (κ2) is 7.79. The molecule has 0 fully saturated rings. The highest BCUT2D eigenvalue weighted by Crippen LogP contribution is 2.36. The molecule has 8 heteroatoms. The molecule has 0 radical (unpaired) electrons. The van der Waals surface area contributed by atoms with E-state index in [0.717, 1.165) is 12.8 Å². The van der Waals surface area contributed by atoms with Crippen molar-refractivity contribution in [1.82, 2.24) is 14.5 Å². The molecule has 0 spiro atoms. The van der Waals surface area contributed by atoms with Crippen molar-refractivity contribution >= 4 is 49.2 Å². The number of aromatic nitrogens is 3. The van der Waals surface area contributed by atoms with Gasteiger partial charge >= 0.3 is 0 Å². The van der Waals surface area contributed by atoms with Gasteiger partial charge in [0.05, 0.1) is 11.0 Å². The van der Waals surface area contributed by atoms with E-state index < -0.39 is 9.84 Å². The standard InChI is InChI=1S/C23H20N4O2S2/c24-22-21(31(28,29)19-13-7-15-30-19)20-23(26-18-12-5-4-11-17(18)25-20)27(22)14-6-10-16-8-2-1-3-9-16/h1-5,7-9,11-13,15H,6,10,14,24H2. The molecule has 0 atom stereocenters. The van der Waals surface area contributed by atoms with E-state index in [-0.39, 0.29) is 14.9 Å². The van der Waals surface area contributed by atoms with Crippen LogP contribution in [0.3, 0.4) is 0 Å². The van der Waals surface area contributed by atoms with Gasteiger partial charge < -0.3 is 10.3 Å². The first-order chi connectivity index (χ1) is 15.1. The third kappa shape index (κ3) is 3.47. The number of thiophene rings is 1.